The topological polar surface area (TPSA) is 83.2 Å². The van der Waals surface area contributed by atoms with Crippen LogP contribution < -0.4 is 11.1 Å². The second-order valence-corrected chi connectivity index (χ2v) is 7.23. The molecule has 3 N–H and O–H groups in total. The molecule has 0 atom stereocenters. The van der Waals surface area contributed by atoms with Crippen LogP contribution in [0, 0.1) is 0 Å². The SMILES string of the molecule is CC(C)NC(N)=NCCCN1CCN(C(=O)OC(C)(C)C)CC1. The number of nitrogens with one attached hydrogen (secondary N) is 1. The van der Waals surface area contributed by atoms with E-state index in [-0.39, 0.29) is 6.09 Å². The first-order valence-electron chi connectivity index (χ1n) is 8.44. The molecule has 134 valence electrons. The second-order valence-electron chi connectivity index (χ2n) is 7.23. The molecule has 0 aliphatic carbocycles. The van der Waals surface area contributed by atoms with Crippen molar-refractivity contribution in [2.45, 2.75) is 52.7 Å². The Kier molecular flexibility index (Phi) is 7.61. The lowest BCUT2D eigenvalue weighted by atomic mass is 10.2. The molecular weight excluding hydrogens is 294 g/mol. The number of nitrogens with zero attached hydrogens (tertiary/aromatic N) is 3. The summed E-state index contributed by atoms with van der Waals surface area (Å²) in [5.41, 5.74) is 5.33. The first kappa shape index (κ1) is 19.5. The van der Waals surface area contributed by atoms with Gasteiger partial charge >= 0.3 is 6.09 Å². The van der Waals surface area contributed by atoms with Crippen molar-refractivity contribution in [1.29, 1.82) is 0 Å². The molecule has 7 nitrogen and oxygen atoms in total. The number of hydrogen-bond acceptors (Lipinski definition) is 4. The zero-order chi connectivity index (χ0) is 17.5. The Hall–Kier alpha value is -1.50. The molecule has 0 bridgehead atoms. The zero-order valence-corrected chi connectivity index (χ0v) is 15.3. The molecule has 0 aromatic rings. The summed E-state index contributed by atoms with van der Waals surface area (Å²) in [5, 5.41) is 3.07. The van der Waals surface area contributed by atoms with Gasteiger partial charge < -0.3 is 20.7 Å². The van der Waals surface area contributed by atoms with E-state index in [0.29, 0.717) is 12.0 Å². The van der Waals surface area contributed by atoms with Crippen LogP contribution in [0.25, 0.3) is 0 Å². The van der Waals surface area contributed by atoms with Gasteiger partial charge in [0, 0.05) is 45.3 Å². The average Bonchev–Trinajstić information content (AvgIpc) is 2.41. The molecule has 7 heteroatoms. The normalized spacial score (nSPS) is 17.5. The number of carbonyl (C=O) groups excluding carboxylic acids is 1. The summed E-state index contributed by atoms with van der Waals surface area (Å²) >= 11 is 0. The Morgan fingerprint density at radius 3 is 2.39 bits per heavy atom. The fourth-order valence-corrected chi connectivity index (χ4v) is 2.32. The van der Waals surface area contributed by atoms with E-state index in [2.05, 4.69) is 15.2 Å². The highest BCUT2D eigenvalue weighted by Crippen LogP contribution is 2.11. The van der Waals surface area contributed by atoms with Crippen LogP contribution in [-0.2, 0) is 4.74 Å². The summed E-state index contributed by atoms with van der Waals surface area (Å²) < 4.78 is 5.40. The lowest BCUT2D eigenvalue weighted by Crippen LogP contribution is -2.50. The molecule has 1 saturated heterocycles. The highest BCUT2D eigenvalue weighted by Gasteiger charge is 2.25. The highest BCUT2D eigenvalue weighted by molar-refractivity contribution is 5.78. The Labute approximate surface area is 140 Å². The van der Waals surface area contributed by atoms with Crippen molar-refractivity contribution in [2.24, 2.45) is 10.7 Å². The Morgan fingerprint density at radius 2 is 1.87 bits per heavy atom. The maximum absolute atomic E-state index is 12.0. The van der Waals surface area contributed by atoms with Crippen molar-refractivity contribution >= 4 is 12.1 Å². The van der Waals surface area contributed by atoms with Crippen LogP contribution in [0.1, 0.15) is 41.0 Å². The van der Waals surface area contributed by atoms with E-state index in [0.717, 1.165) is 45.7 Å². The number of ether oxygens (including phenoxy) is 1. The van der Waals surface area contributed by atoms with Crippen molar-refractivity contribution in [2.75, 3.05) is 39.3 Å². The van der Waals surface area contributed by atoms with Crippen LogP contribution in [0.5, 0.6) is 0 Å². The predicted octanol–water partition coefficient (Wildman–Crippen LogP) is 1.24. The molecule has 0 saturated carbocycles. The summed E-state index contributed by atoms with van der Waals surface area (Å²) in [6, 6.07) is 0.305. The molecule has 1 aliphatic heterocycles. The Balaban J connectivity index is 2.20. The van der Waals surface area contributed by atoms with Gasteiger partial charge in [0.05, 0.1) is 0 Å². The van der Waals surface area contributed by atoms with Crippen molar-refractivity contribution in [3.8, 4) is 0 Å². The predicted molar refractivity (Wildman–Crippen MR) is 93.6 cm³/mol. The van der Waals surface area contributed by atoms with Crippen LogP contribution >= 0.6 is 0 Å². The van der Waals surface area contributed by atoms with Gasteiger partial charge in [-0.2, -0.15) is 0 Å². The zero-order valence-electron chi connectivity index (χ0n) is 15.3. The quantitative estimate of drug-likeness (QED) is 0.451. The van der Waals surface area contributed by atoms with Gasteiger partial charge in [-0.1, -0.05) is 0 Å². The number of rotatable bonds is 5. The Bertz CT molecular complexity index is 396. The minimum absolute atomic E-state index is 0.214. The van der Waals surface area contributed by atoms with Crippen molar-refractivity contribution < 1.29 is 9.53 Å². The largest absolute Gasteiger partial charge is 0.444 e. The monoisotopic (exact) mass is 327 g/mol. The first-order chi connectivity index (χ1) is 10.7. The average molecular weight is 327 g/mol. The van der Waals surface area contributed by atoms with Gasteiger partial charge in [0.2, 0.25) is 0 Å². The van der Waals surface area contributed by atoms with Crippen LogP contribution in [0.3, 0.4) is 0 Å². The van der Waals surface area contributed by atoms with Gasteiger partial charge in [-0.05, 0) is 41.0 Å². The van der Waals surface area contributed by atoms with E-state index in [9.17, 15) is 4.79 Å². The summed E-state index contributed by atoms with van der Waals surface area (Å²) in [4.78, 5) is 20.4. The molecular formula is C16H33N5O2. The first-order valence-corrected chi connectivity index (χ1v) is 8.44. The van der Waals surface area contributed by atoms with E-state index in [1.165, 1.54) is 0 Å². The molecule has 23 heavy (non-hydrogen) atoms. The van der Waals surface area contributed by atoms with Gasteiger partial charge in [-0.15, -0.1) is 0 Å². The van der Waals surface area contributed by atoms with E-state index < -0.39 is 5.60 Å². The van der Waals surface area contributed by atoms with Crippen LogP contribution in [0.2, 0.25) is 0 Å². The number of piperazine rings is 1. The van der Waals surface area contributed by atoms with Gasteiger partial charge in [-0.25, -0.2) is 4.79 Å². The third-order valence-corrected chi connectivity index (χ3v) is 3.38. The van der Waals surface area contributed by atoms with Crippen LogP contribution in [0.4, 0.5) is 4.79 Å². The number of amides is 1. The molecule has 1 fully saturated rings. The van der Waals surface area contributed by atoms with Crippen molar-refractivity contribution in [3.05, 3.63) is 0 Å². The second kappa shape index (κ2) is 8.96. The van der Waals surface area contributed by atoms with E-state index in [1.54, 1.807) is 4.90 Å². The smallest absolute Gasteiger partial charge is 0.410 e. The molecule has 0 aromatic heterocycles. The molecule has 0 spiro atoms. The molecule has 0 radical (unpaired) electrons. The van der Waals surface area contributed by atoms with Gasteiger partial charge in [0.15, 0.2) is 5.96 Å². The number of aliphatic imine (C=N–C) groups is 1. The van der Waals surface area contributed by atoms with Crippen LogP contribution in [0.15, 0.2) is 4.99 Å². The highest BCUT2D eigenvalue weighted by atomic mass is 16.6. The van der Waals surface area contributed by atoms with Crippen molar-refractivity contribution in [3.63, 3.8) is 0 Å². The molecule has 1 amide bonds. The van der Waals surface area contributed by atoms with Crippen molar-refractivity contribution in [1.82, 2.24) is 15.1 Å². The fraction of sp³-hybridized carbons (Fsp3) is 0.875. The van der Waals surface area contributed by atoms with Gasteiger partial charge in [0.1, 0.15) is 5.60 Å². The molecule has 1 rings (SSSR count). The summed E-state index contributed by atoms with van der Waals surface area (Å²) in [5.74, 6) is 0.509. The maximum atomic E-state index is 12.0. The third-order valence-electron chi connectivity index (χ3n) is 3.38. The molecule has 0 unspecified atom stereocenters. The lowest BCUT2D eigenvalue weighted by Gasteiger charge is -2.35. The number of hydrogen-bond donors (Lipinski definition) is 2. The number of carbonyl (C=O) groups is 1. The summed E-state index contributed by atoms with van der Waals surface area (Å²) in [7, 11) is 0. The maximum Gasteiger partial charge on any atom is 0.410 e. The third kappa shape index (κ3) is 8.64. The van der Waals surface area contributed by atoms with E-state index in [1.807, 2.05) is 34.6 Å². The summed E-state index contributed by atoms with van der Waals surface area (Å²) in [6.07, 6.45) is 0.752. The standard InChI is InChI=1S/C16H33N5O2/c1-13(2)19-14(17)18-7-6-8-20-9-11-21(12-10-20)15(22)23-16(3,4)5/h13H,6-12H2,1-5H3,(H3,17,18,19). The molecule has 0 aromatic carbocycles. The Morgan fingerprint density at radius 1 is 1.26 bits per heavy atom. The van der Waals surface area contributed by atoms with Crippen LogP contribution in [-0.4, -0.2) is 72.8 Å². The van der Waals surface area contributed by atoms with E-state index >= 15 is 0 Å². The fourth-order valence-electron chi connectivity index (χ4n) is 2.32. The molecule has 1 heterocycles. The number of nitrogens with two attached hydrogens (primary N) is 1. The minimum Gasteiger partial charge on any atom is -0.444 e. The lowest BCUT2D eigenvalue weighted by molar-refractivity contribution is 0.0145. The number of guanidine groups is 1. The van der Waals surface area contributed by atoms with E-state index in [4.69, 9.17) is 10.5 Å². The summed E-state index contributed by atoms with van der Waals surface area (Å²) in [6.45, 7) is 14.6. The van der Waals surface area contributed by atoms with Gasteiger partial charge in [0.25, 0.3) is 0 Å². The molecule has 1 aliphatic rings. The van der Waals surface area contributed by atoms with Gasteiger partial charge in [-0.3, -0.25) is 9.89 Å². The minimum atomic E-state index is -0.434.